The van der Waals surface area contributed by atoms with Crippen LogP contribution in [0.25, 0.3) is 0 Å². The number of morpholine rings is 1. The fourth-order valence-electron chi connectivity index (χ4n) is 1.86. The van der Waals surface area contributed by atoms with Crippen LogP contribution in [0.4, 0.5) is 0 Å². The van der Waals surface area contributed by atoms with E-state index in [1.807, 2.05) is 6.92 Å². The molecule has 0 aromatic carbocycles. The van der Waals surface area contributed by atoms with E-state index < -0.39 is 0 Å². The molecule has 6 heteroatoms. The number of hydrogen-bond donors (Lipinski definition) is 0. The van der Waals surface area contributed by atoms with Gasteiger partial charge in [0.2, 0.25) is 12.3 Å². The molecule has 6 nitrogen and oxygen atoms in total. The minimum Gasteiger partial charge on any atom is -0.480 e. The Morgan fingerprint density at radius 1 is 1.47 bits per heavy atom. The summed E-state index contributed by atoms with van der Waals surface area (Å²) in [4.78, 5) is 12.8. The number of methoxy groups -OCH3 is 1. The van der Waals surface area contributed by atoms with Gasteiger partial charge in [-0.2, -0.15) is 0 Å². The molecule has 1 aromatic heterocycles. The lowest BCUT2D eigenvalue weighted by Crippen LogP contribution is -2.45. The highest BCUT2D eigenvalue weighted by Gasteiger charge is 2.29. The molecule has 2 rings (SSSR count). The van der Waals surface area contributed by atoms with E-state index in [1.54, 1.807) is 17.0 Å². The minimum atomic E-state index is -0.172. The maximum Gasteiger partial charge on any atom is 0.233 e. The first-order valence-electron chi connectivity index (χ1n) is 5.44. The van der Waals surface area contributed by atoms with Gasteiger partial charge >= 0.3 is 0 Å². The number of rotatable bonds is 3. The third-order valence-electron chi connectivity index (χ3n) is 2.84. The maximum atomic E-state index is 11.1. The normalized spacial score (nSPS) is 24.5. The van der Waals surface area contributed by atoms with Gasteiger partial charge in [0.05, 0.1) is 38.1 Å². The van der Waals surface area contributed by atoms with Crippen LogP contribution in [0.3, 0.4) is 0 Å². The first-order chi connectivity index (χ1) is 8.26. The summed E-state index contributed by atoms with van der Waals surface area (Å²) in [5.41, 5.74) is 0.712. The zero-order valence-electron chi connectivity index (χ0n) is 9.87. The predicted octanol–water partition coefficient (Wildman–Crippen LogP) is 0.403. The van der Waals surface area contributed by atoms with E-state index in [0.717, 1.165) is 6.41 Å². The summed E-state index contributed by atoms with van der Waals surface area (Å²) in [6.07, 6.45) is 0.837. The topological polar surface area (TPSA) is 64.6 Å². The highest BCUT2D eigenvalue weighted by molar-refractivity contribution is 5.49. The van der Waals surface area contributed by atoms with Gasteiger partial charge in [0.25, 0.3) is 0 Å². The Labute approximate surface area is 99.5 Å². The van der Waals surface area contributed by atoms with Crippen LogP contribution in [0.2, 0.25) is 0 Å². The van der Waals surface area contributed by atoms with Gasteiger partial charge in [-0.3, -0.25) is 4.79 Å². The lowest BCUT2D eigenvalue weighted by Gasteiger charge is -2.37. The van der Waals surface area contributed by atoms with Crippen molar-refractivity contribution >= 4 is 6.41 Å². The molecule has 2 atom stereocenters. The molecule has 0 bridgehead atoms. The van der Waals surface area contributed by atoms with E-state index in [9.17, 15) is 4.79 Å². The lowest BCUT2D eigenvalue weighted by atomic mass is 10.1. The Bertz CT molecular complexity index is 382. The summed E-state index contributed by atoms with van der Waals surface area (Å²) in [7, 11) is 1.53. The second-order valence-corrected chi connectivity index (χ2v) is 3.96. The molecule has 0 N–H and O–H groups in total. The summed E-state index contributed by atoms with van der Waals surface area (Å²) in [6, 6.07) is 3.41. The van der Waals surface area contributed by atoms with E-state index >= 15 is 0 Å². The number of carbonyl (C=O) groups is 1. The van der Waals surface area contributed by atoms with Crippen LogP contribution >= 0.6 is 0 Å². The van der Waals surface area contributed by atoms with Crippen LogP contribution in [0, 0.1) is 0 Å². The van der Waals surface area contributed by atoms with Crippen molar-refractivity contribution < 1.29 is 14.3 Å². The van der Waals surface area contributed by atoms with Gasteiger partial charge in [-0.1, -0.05) is 0 Å². The van der Waals surface area contributed by atoms with Crippen molar-refractivity contribution in [1.82, 2.24) is 15.1 Å². The summed E-state index contributed by atoms with van der Waals surface area (Å²) < 4.78 is 10.4. The van der Waals surface area contributed by atoms with E-state index in [-0.39, 0.29) is 12.1 Å². The molecule has 0 unspecified atom stereocenters. The smallest absolute Gasteiger partial charge is 0.233 e. The van der Waals surface area contributed by atoms with Gasteiger partial charge in [-0.05, 0) is 13.0 Å². The lowest BCUT2D eigenvalue weighted by molar-refractivity contribution is -0.131. The third-order valence-corrected chi connectivity index (χ3v) is 2.84. The summed E-state index contributed by atoms with van der Waals surface area (Å²) in [6.45, 7) is 2.94. The molecule has 0 saturated carbocycles. The maximum absolute atomic E-state index is 11.1. The molecule has 0 aliphatic carbocycles. The monoisotopic (exact) mass is 237 g/mol. The van der Waals surface area contributed by atoms with E-state index in [4.69, 9.17) is 9.47 Å². The summed E-state index contributed by atoms with van der Waals surface area (Å²) in [5, 5.41) is 7.95. The van der Waals surface area contributed by atoms with E-state index in [1.165, 1.54) is 7.11 Å². The fraction of sp³-hybridized carbons (Fsp3) is 0.545. The second-order valence-electron chi connectivity index (χ2n) is 3.96. The van der Waals surface area contributed by atoms with Gasteiger partial charge in [0.1, 0.15) is 0 Å². The van der Waals surface area contributed by atoms with Crippen molar-refractivity contribution in [2.75, 3.05) is 20.3 Å². The molecule has 1 saturated heterocycles. The van der Waals surface area contributed by atoms with Gasteiger partial charge in [0, 0.05) is 6.07 Å². The third kappa shape index (κ3) is 2.36. The van der Waals surface area contributed by atoms with Crippen LogP contribution in [0.15, 0.2) is 12.1 Å². The SMILES string of the molecule is COc1ccc([C@H]2COC[C@@H](C)N2C=O)nn1. The largest absolute Gasteiger partial charge is 0.480 e. The van der Waals surface area contributed by atoms with Crippen LogP contribution in [0.1, 0.15) is 18.7 Å². The summed E-state index contributed by atoms with van der Waals surface area (Å²) >= 11 is 0. The molecule has 1 aliphatic heterocycles. The van der Waals surface area contributed by atoms with Crippen LogP contribution in [0.5, 0.6) is 5.88 Å². The van der Waals surface area contributed by atoms with Crippen LogP contribution in [-0.4, -0.2) is 47.9 Å². The Morgan fingerprint density at radius 3 is 2.88 bits per heavy atom. The van der Waals surface area contributed by atoms with Crippen molar-refractivity contribution in [3.63, 3.8) is 0 Å². The summed E-state index contributed by atoms with van der Waals surface area (Å²) in [5.74, 6) is 0.455. The number of amides is 1. The minimum absolute atomic E-state index is 0.0511. The molecule has 17 heavy (non-hydrogen) atoms. The number of nitrogens with zero attached hydrogens (tertiary/aromatic N) is 3. The van der Waals surface area contributed by atoms with Crippen molar-refractivity contribution in [1.29, 1.82) is 0 Å². The highest BCUT2D eigenvalue weighted by Crippen LogP contribution is 2.24. The van der Waals surface area contributed by atoms with Crippen LogP contribution < -0.4 is 4.74 Å². The molecular weight excluding hydrogens is 222 g/mol. The number of hydrogen-bond acceptors (Lipinski definition) is 5. The van der Waals surface area contributed by atoms with Gasteiger partial charge < -0.3 is 14.4 Å². The van der Waals surface area contributed by atoms with Gasteiger partial charge in [-0.25, -0.2) is 0 Å². The van der Waals surface area contributed by atoms with Gasteiger partial charge in [0.15, 0.2) is 0 Å². The average molecular weight is 237 g/mol. The number of ether oxygens (including phenoxy) is 2. The molecule has 92 valence electrons. The Kier molecular flexibility index (Phi) is 3.53. The van der Waals surface area contributed by atoms with Crippen molar-refractivity contribution in [2.24, 2.45) is 0 Å². The Hall–Kier alpha value is -1.69. The predicted molar refractivity (Wildman–Crippen MR) is 59.5 cm³/mol. The Balaban J connectivity index is 2.21. The molecule has 1 amide bonds. The molecule has 1 aliphatic rings. The average Bonchev–Trinajstić information content (AvgIpc) is 2.38. The Morgan fingerprint density at radius 2 is 2.29 bits per heavy atom. The molecule has 1 aromatic rings. The molecule has 0 radical (unpaired) electrons. The van der Waals surface area contributed by atoms with Crippen LogP contribution in [-0.2, 0) is 9.53 Å². The van der Waals surface area contributed by atoms with E-state index in [2.05, 4.69) is 10.2 Å². The molecular formula is C11H15N3O3. The first kappa shape index (κ1) is 11.8. The quantitative estimate of drug-likeness (QED) is 0.712. The second kappa shape index (κ2) is 5.09. The van der Waals surface area contributed by atoms with Crippen molar-refractivity contribution in [3.05, 3.63) is 17.8 Å². The number of aromatic nitrogens is 2. The molecule has 1 fully saturated rings. The zero-order valence-corrected chi connectivity index (χ0v) is 9.87. The highest BCUT2D eigenvalue weighted by atomic mass is 16.5. The van der Waals surface area contributed by atoms with E-state index in [0.29, 0.717) is 24.8 Å². The zero-order chi connectivity index (χ0) is 12.3. The first-order valence-corrected chi connectivity index (χ1v) is 5.44. The molecule has 2 heterocycles. The fourth-order valence-corrected chi connectivity index (χ4v) is 1.86. The van der Waals surface area contributed by atoms with Gasteiger partial charge in [-0.15, -0.1) is 10.2 Å². The van der Waals surface area contributed by atoms with Crippen molar-refractivity contribution in [3.8, 4) is 5.88 Å². The standard InChI is InChI=1S/C11H15N3O3/c1-8-5-17-6-10(14(8)7-15)9-3-4-11(16-2)13-12-9/h3-4,7-8,10H,5-6H2,1-2H3/t8-,10-/m1/s1. The number of carbonyl (C=O) groups excluding carboxylic acids is 1. The molecule has 0 spiro atoms. The van der Waals surface area contributed by atoms with Crippen molar-refractivity contribution in [2.45, 2.75) is 19.0 Å².